The molecule has 0 aliphatic carbocycles. The predicted octanol–water partition coefficient (Wildman–Crippen LogP) is 1.68. The van der Waals surface area contributed by atoms with E-state index in [4.69, 9.17) is 4.74 Å². The smallest absolute Gasteiger partial charge is 0.254 e. The number of fused-ring (bicyclic) bond motifs is 1. The second-order valence-electron chi connectivity index (χ2n) is 6.98. The number of pyridine rings is 1. The molecule has 8 heteroatoms. The molecule has 3 heterocycles. The van der Waals surface area contributed by atoms with Crippen molar-refractivity contribution in [3.05, 3.63) is 58.6 Å². The van der Waals surface area contributed by atoms with Crippen LogP contribution >= 0.6 is 0 Å². The average Bonchev–Trinajstić information content (AvgIpc) is 3.15. The number of para-hydroxylation sites is 1. The Morgan fingerprint density at radius 3 is 2.93 bits per heavy atom. The van der Waals surface area contributed by atoms with Crippen molar-refractivity contribution in [3.8, 4) is 5.88 Å². The molecule has 0 spiro atoms. The maximum Gasteiger partial charge on any atom is 0.254 e. The molecule has 0 saturated carbocycles. The van der Waals surface area contributed by atoms with E-state index in [1.54, 1.807) is 23.4 Å². The summed E-state index contributed by atoms with van der Waals surface area (Å²) < 4.78 is 5.93. The zero-order valence-electron chi connectivity index (χ0n) is 15.8. The summed E-state index contributed by atoms with van der Waals surface area (Å²) in [6.45, 7) is 0.999. The van der Waals surface area contributed by atoms with Crippen LogP contribution in [0.1, 0.15) is 16.8 Å². The Morgan fingerprint density at radius 1 is 1.29 bits per heavy atom. The number of carbonyl (C=O) groups excluding carboxylic acids is 1. The lowest BCUT2D eigenvalue weighted by atomic mass is 10.1. The third-order valence-corrected chi connectivity index (χ3v) is 4.76. The van der Waals surface area contributed by atoms with Crippen LogP contribution in [0.2, 0.25) is 0 Å². The first-order chi connectivity index (χ1) is 13.5. The molecule has 1 saturated heterocycles. The van der Waals surface area contributed by atoms with Gasteiger partial charge in [0.05, 0.1) is 24.5 Å². The molecule has 1 N–H and O–H groups in total. The molecule has 1 aliphatic rings. The maximum atomic E-state index is 13.0. The number of likely N-dealkylation sites (tertiary alicyclic amines) is 1. The van der Waals surface area contributed by atoms with E-state index in [9.17, 15) is 9.59 Å². The van der Waals surface area contributed by atoms with E-state index in [1.165, 1.54) is 6.07 Å². The Balaban J connectivity index is 1.51. The fourth-order valence-electron chi connectivity index (χ4n) is 3.34. The number of hydrogen-bond acceptors (Lipinski definition) is 6. The monoisotopic (exact) mass is 379 g/mol. The van der Waals surface area contributed by atoms with Crippen molar-refractivity contribution in [2.75, 3.05) is 32.1 Å². The van der Waals surface area contributed by atoms with Crippen molar-refractivity contribution in [1.82, 2.24) is 19.9 Å². The number of hydrogen-bond donors (Lipinski definition) is 1. The first-order valence-electron chi connectivity index (χ1n) is 9.08. The molecule has 0 unspecified atom stereocenters. The molecule has 8 nitrogen and oxygen atoms in total. The number of aromatic nitrogens is 3. The van der Waals surface area contributed by atoms with Gasteiger partial charge in [0, 0.05) is 44.0 Å². The third-order valence-electron chi connectivity index (χ3n) is 4.76. The summed E-state index contributed by atoms with van der Waals surface area (Å²) in [5.41, 5.74) is 0.778. The lowest BCUT2D eigenvalue weighted by Gasteiger charge is -2.18. The van der Waals surface area contributed by atoms with Gasteiger partial charge in [0.15, 0.2) is 5.82 Å². The second-order valence-corrected chi connectivity index (χ2v) is 6.98. The summed E-state index contributed by atoms with van der Waals surface area (Å²) in [6.07, 6.45) is 3.77. The Labute approximate surface area is 161 Å². The number of aromatic amines is 1. The molecule has 0 radical (unpaired) electrons. The highest BCUT2D eigenvalue weighted by atomic mass is 16.5. The van der Waals surface area contributed by atoms with Gasteiger partial charge in [0.25, 0.3) is 5.91 Å². The fraction of sp³-hybridized carbons (Fsp3) is 0.300. The van der Waals surface area contributed by atoms with Crippen LogP contribution in [0, 0.1) is 0 Å². The maximum absolute atomic E-state index is 13.0. The van der Waals surface area contributed by atoms with Crippen molar-refractivity contribution in [2.24, 2.45) is 0 Å². The van der Waals surface area contributed by atoms with Gasteiger partial charge in [-0.15, -0.1) is 0 Å². The van der Waals surface area contributed by atoms with E-state index in [2.05, 4.69) is 15.0 Å². The first-order valence-corrected chi connectivity index (χ1v) is 9.08. The van der Waals surface area contributed by atoms with Crippen molar-refractivity contribution in [1.29, 1.82) is 0 Å². The summed E-state index contributed by atoms with van der Waals surface area (Å²) in [6, 6.07) is 8.68. The Kier molecular flexibility index (Phi) is 4.68. The standard InChI is InChI=1S/C20H21N5O3/c1-24(2)17-10-21-11-19(23-17)28-13-7-8-25(12-13)20(27)15-9-18(26)22-16-6-4-3-5-14(15)16/h3-6,9-11,13H,7-8,12H2,1-2H3,(H,22,26)/t13-/m0/s1. The number of carbonyl (C=O) groups is 1. The summed E-state index contributed by atoms with van der Waals surface area (Å²) in [5.74, 6) is 0.979. The number of ether oxygens (including phenoxy) is 1. The minimum atomic E-state index is -0.287. The van der Waals surface area contributed by atoms with Crippen molar-refractivity contribution >= 4 is 22.6 Å². The normalized spacial score (nSPS) is 16.4. The largest absolute Gasteiger partial charge is 0.471 e. The van der Waals surface area contributed by atoms with Gasteiger partial charge in [0.2, 0.25) is 11.4 Å². The number of H-pyrrole nitrogens is 1. The molecule has 4 rings (SSSR count). The SMILES string of the molecule is CN(C)c1cncc(O[C@H]2CCN(C(=O)c3cc(=O)[nH]c4ccccc34)C2)n1. The highest BCUT2D eigenvalue weighted by molar-refractivity contribution is 6.06. The Morgan fingerprint density at radius 2 is 2.11 bits per heavy atom. The molecule has 3 aromatic rings. The number of rotatable bonds is 4. The topological polar surface area (TPSA) is 91.4 Å². The minimum absolute atomic E-state index is 0.163. The van der Waals surface area contributed by atoms with Gasteiger partial charge in [-0.05, 0) is 6.07 Å². The number of nitrogens with one attached hydrogen (secondary N) is 1. The number of anilines is 1. The highest BCUT2D eigenvalue weighted by Crippen LogP contribution is 2.22. The lowest BCUT2D eigenvalue weighted by molar-refractivity contribution is 0.0773. The molecule has 1 atom stereocenters. The fourth-order valence-corrected chi connectivity index (χ4v) is 3.34. The van der Waals surface area contributed by atoms with E-state index in [0.29, 0.717) is 42.3 Å². The lowest BCUT2D eigenvalue weighted by Crippen LogP contribution is -2.32. The zero-order valence-corrected chi connectivity index (χ0v) is 15.8. The summed E-state index contributed by atoms with van der Waals surface area (Å²) in [7, 11) is 3.77. The number of amides is 1. The quantitative estimate of drug-likeness (QED) is 0.742. The second kappa shape index (κ2) is 7.30. The van der Waals surface area contributed by atoms with Crippen LogP contribution in [0.25, 0.3) is 10.9 Å². The summed E-state index contributed by atoms with van der Waals surface area (Å²) in [5, 5.41) is 0.737. The minimum Gasteiger partial charge on any atom is -0.471 e. The van der Waals surface area contributed by atoms with E-state index in [1.807, 2.05) is 37.2 Å². The van der Waals surface area contributed by atoms with Gasteiger partial charge >= 0.3 is 0 Å². The van der Waals surface area contributed by atoms with Crippen LogP contribution in [0.5, 0.6) is 5.88 Å². The molecular formula is C20H21N5O3. The van der Waals surface area contributed by atoms with E-state index >= 15 is 0 Å². The van der Waals surface area contributed by atoms with Crippen LogP contribution in [0.15, 0.2) is 47.5 Å². The van der Waals surface area contributed by atoms with Crippen molar-refractivity contribution in [2.45, 2.75) is 12.5 Å². The van der Waals surface area contributed by atoms with Gasteiger partial charge in [0.1, 0.15) is 6.10 Å². The molecule has 1 fully saturated rings. The predicted molar refractivity (Wildman–Crippen MR) is 106 cm³/mol. The van der Waals surface area contributed by atoms with E-state index < -0.39 is 0 Å². The van der Waals surface area contributed by atoms with E-state index in [-0.39, 0.29) is 17.6 Å². The van der Waals surface area contributed by atoms with Gasteiger partial charge in [-0.2, -0.15) is 4.98 Å². The van der Waals surface area contributed by atoms with Gasteiger partial charge in [-0.1, -0.05) is 18.2 Å². The van der Waals surface area contributed by atoms with Gasteiger partial charge < -0.3 is 19.5 Å². The van der Waals surface area contributed by atoms with Crippen LogP contribution in [0.3, 0.4) is 0 Å². The number of benzene rings is 1. The molecule has 144 valence electrons. The molecule has 1 aliphatic heterocycles. The van der Waals surface area contributed by atoms with Gasteiger partial charge in [-0.3, -0.25) is 14.6 Å². The zero-order chi connectivity index (χ0) is 19.7. The highest BCUT2D eigenvalue weighted by Gasteiger charge is 2.29. The molecule has 28 heavy (non-hydrogen) atoms. The Bertz CT molecular complexity index is 1080. The van der Waals surface area contributed by atoms with Crippen molar-refractivity contribution in [3.63, 3.8) is 0 Å². The molecule has 0 bridgehead atoms. The van der Waals surface area contributed by atoms with Crippen LogP contribution in [-0.2, 0) is 0 Å². The number of nitrogens with zero attached hydrogens (tertiary/aromatic N) is 4. The molecule has 1 aromatic carbocycles. The van der Waals surface area contributed by atoms with Crippen LogP contribution in [-0.4, -0.2) is 59.0 Å². The van der Waals surface area contributed by atoms with Crippen LogP contribution in [0.4, 0.5) is 5.82 Å². The molecule has 1 amide bonds. The first kappa shape index (κ1) is 18.0. The third kappa shape index (κ3) is 3.53. The Hall–Kier alpha value is -3.42. The summed E-state index contributed by atoms with van der Waals surface area (Å²) >= 11 is 0. The summed E-state index contributed by atoms with van der Waals surface area (Å²) in [4.78, 5) is 39.9. The molecule has 2 aromatic heterocycles. The van der Waals surface area contributed by atoms with Gasteiger partial charge in [-0.25, -0.2) is 0 Å². The van der Waals surface area contributed by atoms with Crippen LogP contribution < -0.4 is 15.2 Å². The van der Waals surface area contributed by atoms with E-state index in [0.717, 1.165) is 5.39 Å². The van der Waals surface area contributed by atoms with Crippen molar-refractivity contribution < 1.29 is 9.53 Å². The molecular weight excluding hydrogens is 358 g/mol. The average molecular weight is 379 g/mol.